The van der Waals surface area contributed by atoms with Gasteiger partial charge in [0.25, 0.3) is 0 Å². The molecule has 0 fully saturated rings. The number of nitriles is 1. The minimum Gasteiger partial charge on any atom is -0.490 e. The fourth-order valence-electron chi connectivity index (χ4n) is 2.84. The number of ether oxygens (including phenoxy) is 2. The van der Waals surface area contributed by atoms with Crippen molar-refractivity contribution in [3.05, 3.63) is 88.5 Å². The molecule has 0 saturated heterocycles. The smallest absolute Gasteiger partial charge is 0.175 e. The zero-order chi connectivity index (χ0) is 22.4. The minimum absolute atomic E-state index is 0.285. The second-order valence-corrected chi connectivity index (χ2v) is 9.72. The molecule has 3 rings (SSSR count). The van der Waals surface area contributed by atoms with Crippen LogP contribution in [0, 0.1) is 18.5 Å². The van der Waals surface area contributed by atoms with Crippen LogP contribution in [0.5, 0.6) is 11.5 Å². The zero-order valence-corrected chi connectivity index (χ0v) is 22.3. The van der Waals surface area contributed by atoms with Gasteiger partial charge in [0.2, 0.25) is 0 Å². The van der Waals surface area contributed by atoms with Crippen LogP contribution in [0.15, 0.2) is 54.6 Å². The number of allylic oxidation sites excluding steroid dienone is 1. The van der Waals surface area contributed by atoms with Crippen molar-refractivity contribution in [2.75, 3.05) is 6.61 Å². The van der Waals surface area contributed by atoms with Crippen molar-refractivity contribution >= 4 is 80.0 Å². The topological polar surface area (TPSA) is 42.2 Å². The third-order valence-corrected chi connectivity index (χ3v) is 6.41. The highest BCUT2D eigenvalue weighted by Crippen LogP contribution is 2.36. The quantitative estimate of drug-likeness (QED) is 0.144. The summed E-state index contributed by atoms with van der Waals surface area (Å²) in [5.41, 5.74) is 3.14. The summed E-state index contributed by atoms with van der Waals surface area (Å²) in [6.45, 7) is 2.69. The van der Waals surface area contributed by atoms with Gasteiger partial charge in [-0.15, -0.1) is 0 Å². The first kappa shape index (κ1) is 24.2. The van der Waals surface area contributed by atoms with E-state index < -0.39 is 0 Å². The number of benzene rings is 3. The molecule has 0 spiro atoms. The second-order valence-electron chi connectivity index (χ2n) is 6.46. The van der Waals surface area contributed by atoms with E-state index >= 15 is 0 Å². The average molecular weight is 676 g/mol. The summed E-state index contributed by atoms with van der Waals surface area (Å²) >= 11 is 16.7. The van der Waals surface area contributed by atoms with Gasteiger partial charge in [0.05, 0.1) is 21.8 Å². The highest BCUT2D eigenvalue weighted by atomic mass is 127. The van der Waals surface area contributed by atoms with E-state index in [-0.39, 0.29) is 6.61 Å². The lowest BCUT2D eigenvalue weighted by Gasteiger charge is -2.15. The number of rotatable bonds is 7. The number of hydrogen-bond acceptors (Lipinski definition) is 3. The number of hydrogen-bond donors (Lipinski definition) is 0. The van der Waals surface area contributed by atoms with Gasteiger partial charge in [0, 0.05) is 19.2 Å². The molecule has 0 radical (unpaired) electrons. The van der Waals surface area contributed by atoms with Crippen molar-refractivity contribution in [3.8, 4) is 17.6 Å². The predicted octanol–water partition coefficient (Wildman–Crippen LogP) is 8.24. The van der Waals surface area contributed by atoms with Gasteiger partial charge in [-0.2, -0.15) is 5.26 Å². The summed E-state index contributed by atoms with van der Waals surface area (Å²) in [7, 11) is 0. The summed E-state index contributed by atoms with van der Waals surface area (Å²) in [5.74, 6) is 1.25. The Labute approximate surface area is 219 Å². The highest BCUT2D eigenvalue weighted by Gasteiger charge is 2.14. The molecule has 0 aliphatic carbocycles. The summed E-state index contributed by atoms with van der Waals surface area (Å²) in [6, 6.07) is 19.3. The lowest BCUT2D eigenvalue weighted by Crippen LogP contribution is -2.02. The summed E-state index contributed by atoms with van der Waals surface area (Å²) in [4.78, 5) is 0. The molecule has 31 heavy (non-hydrogen) atoms. The molecule has 0 heterocycles. The van der Waals surface area contributed by atoms with E-state index in [0.29, 0.717) is 33.7 Å². The Hall–Kier alpha value is -1.47. The molecule has 0 aromatic heterocycles. The maximum Gasteiger partial charge on any atom is 0.175 e. The summed E-state index contributed by atoms with van der Waals surface area (Å²) < 4.78 is 13.9. The van der Waals surface area contributed by atoms with Crippen molar-refractivity contribution < 1.29 is 9.47 Å². The molecule has 7 heteroatoms. The monoisotopic (exact) mass is 675 g/mol. The van der Waals surface area contributed by atoms with E-state index in [1.54, 1.807) is 12.1 Å². The van der Waals surface area contributed by atoms with Crippen LogP contribution in [0.4, 0.5) is 0 Å². The molecule has 0 unspecified atom stereocenters. The highest BCUT2D eigenvalue weighted by molar-refractivity contribution is 14.1. The van der Waals surface area contributed by atoms with Gasteiger partial charge in [0.1, 0.15) is 6.61 Å². The Morgan fingerprint density at radius 3 is 2.42 bits per heavy atom. The van der Waals surface area contributed by atoms with Gasteiger partial charge in [-0.25, -0.2) is 0 Å². The Morgan fingerprint density at radius 2 is 1.77 bits per heavy atom. The average Bonchev–Trinajstić information content (AvgIpc) is 2.73. The van der Waals surface area contributed by atoms with Crippen LogP contribution in [0.3, 0.4) is 0 Å². The third kappa shape index (κ3) is 6.51. The fourth-order valence-corrected chi connectivity index (χ4v) is 4.44. The van der Waals surface area contributed by atoms with Gasteiger partial charge in [-0.3, -0.25) is 0 Å². The van der Waals surface area contributed by atoms with Crippen molar-refractivity contribution in [3.63, 3.8) is 0 Å². The third-order valence-electron chi connectivity index (χ3n) is 4.31. The first-order valence-corrected chi connectivity index (χ1v) is 12.2. The first-order chi connectivity index (χ1) is 14.9. The SMILES string of the molecule is CCOc1cc(/C=C(/C#N)c2ccc(I)cc2)cc(I)c1OCc1ccc(Cl)cc1Cl. The normalized spacial score (nSPS) is 11.2. The number of nitrogens with zero attached hydrogens (tertiary/aromatic N) is 1. The number of halogens is 4. The van der Waals surface area contributed by atoms with Crippen LogP contribution in [0.25, 0.3) is 11.6 Å². The lowest BCUT2D eigenvalue weighted by atomic mass is 10.0. The molecule has 0 aliphatic heterocycles. The molecule has 3 aromatic rings. The van der Waals surface area contributed by atoms with Gasteiger partial charge >= 0.3 is 0 Å². The molecule has 158 valence electrons. The Bertz CT molecular complexity index is 1160. The molecular weight excluding hydrogens is 659 g/mol. The van der Waals surface area contributed by atoms with Crippen LogP contribution in [0.1, 0.15) is 23.6 Å². The van der Waals surface area contributed by atoms with Crippen LogP contribution in [-0.2, 0) is 6.61 Å². The van der Waals surface area contributed by atoms with E-state index in [0.717, 1.165) is 23.8 Å². The molecule has 0 bridgehead atoms. The van der Waals surface area contributed by atoms with Crippen LogP contribution < -0.4 is 9.47 Å². The van der Waals surface area contributed by atoms with E-state index in [9.17, 15) is 5.26 Å². The molecule has 0 saturated carbocycles. The molecule has 3 nitrogen and oxygen atoms in total. The Morgan fingerprint density at radius 1 is 1.03 bits per heavy atom. The van der Waals surface area contributed by atoms with Crippen LogP contribution >= 0.6 is 68.4 Å². The molecular formula is C24H17Cl2I2NO2. The predicted molar refractivity (Wildman–Crippen MR) is 144 cm³/mol. The van der Waals surface area contributed by atoms with Crippen molar-refractivity contribution in [2.45, 2.75) is 13.5 Å². The van der Waals surface area contributed by atoms with Crippen molar-refractivity contribution in [1.82, 2.24) is 0 Å². The summed E-state index contributed by atoms with van der Waals surface area (Å²) in [5, 5.41) is 10.8. The van der Waals surface area contributed by atoms with Gasteiger partial charge < -0.3 is 9.47 Å². The van der Waals surface area contributed by atoms with Gasteiger partial charge in [0.15, 0.2) is 11.5 Å². The second kappa shape index (κ2) is 11.4. The van der Waals surface area contributed by atoms with Crippen molar-refractivity contribution in [2.24, 2.45) is 0 Å². The van der Waals surface area contributed by atoms with E-state index in [1.165, 1.54) is 0 Å². The van der Waals surface area contributed by atoms with Crippen LogP contribution in [-0.4, -0.2) is 6.61 Å². The largest absolute Gasteiger partial charge is 0.490 e. The van der Waals surface area contributed by atoms with E-state index in [1.807, 2.05) is 55.5 Å². The summed E-state index contributed by atoms with van der Waals surface area (Å²) in [6.07, 6.45) is 1.85. The van der Waals surface area contributed by atoms with Crippen LogP contribution in [0.2, 0.25) is 10.0 Å². The minimum atomic E-state index is 0.285. The molecule has 3 aromatic carbocycles. The van der Waals surface area contributed by atoms with E-state index in [2.05, 4.69) is 51.3 Å². The fraction of sp³-hybridized carbons (Fsp3) is 0.125. The van der Waals surface area contributed by atoms with Gasteiger partial charge in [-0.1, -0.05) is 41.4 Å². The standard InChI is InChI=1S/C24H17Cl2I2NO2/c1-2-30-23-11-15(9-18(13-29)16-4-7-20(27)8-5-16)10-22(28)24(23)31-14-17-3-6-19(25)12-21(17)26/h3-12H,2,14H2,1H3/b18-9-. The van der Waals surface area contributed by atoms with E-state index in [4.69, 9.17) is 32.7 Å². The molecule has 0 amide bonds. The maximum absolute atomic E-state index is 9.66. The first-order valence-electron chi connectivity index (χ1n) is 9.32. The molecule has 0 aliphatic rings. The zero-order valence-electron chi connectivity index (χ0n) is 16.5. The maximum atomic E-state index is 9.66. The Balaban J connectivity index is 1.92. The molecule has 0 atom stereocenters. The lowest BCUT2D eigenvalue weighted by molar-refractivity contribution is 0.267. The van der Waals surface area contributed by atoms with Gasteiger partial charge in [-0.05, 0) is 106 Å². The Kier molecular flexibility index (Phi) is 8.90. The molecule has 0 N–H and O–H groups in total. The van der Waals surface area contributed by atoms with Crippen molar-refractivity contribution in [1.29, 1.82) is 5.26 Å².